The molecule has 1 atom stereocenters. The number of amides is 2. The van der Waals surface area contributed by atoms with Gasteiger partial charge in [-0.2, -0.15) is 0 Å². The third kappa shape index (κ3) is 2.92. The van der Waals surface area contributed by atoms with Crippen molar-refractivity contribution in [1.82, 2.24) is 19.4 Å². The number of imidazole rings is 1. The highest BCUT2D eigenvalue weighted by Crippen LogP contribution is 2.40. The van der Waals surface area contributed by atoms with Crippen LogP contribution in [0, 0.1) is 5.92 Å². The molecule has 2 fully saturated rings. The molecule has 4 heterocycles. The zero-order chi connectivity index (χ0) is 18.3. The Hall–Kier alpha value is -1.89. The summed E-state index contributed by atoms with van der Waals surface area (Å²) in [5, 5.41) is 0. The fourth-order valence-electron chi connectivity index (χ4n) is 4.46. The van der Waals surface area contributed by atoms with Gasteiger partial charge in [-0.3, -0.25) is 9.59 Å². The summed E-state index contributed by atoms with van der Waals surface area (Å²) in [7, 11) is 0. The maximum absolute atomic E-state index is 12.9. The van der Waals surface area contributed by atoms with E-state index in [-0.39, 0.29) is 17.7 Å². The minimum Gasteiger partial charge on any atom is -0.352 e. The van der Waals surface area contributed by atoms with Gasteiger partial charge in [0, 0.05) is 57.3 Å². The number of piperidine rings is 1. The number of likely N-dealkylation sites (tertiary alicyclic amines) is 2. The first-order chi connectivity index (χ1) is 12.5. The standard InChI is InChI=1S/C19H28N4O3/c1-14(2)16(24)22-10-5-19(6-11-22)18-20-7-12-23(18)13-15(26-19)17(25)21-8-3-4-9-21/h7,12,14-15H,3-6,8-11,13H2,1-2H3. The van der Waals surface area contributed by atoms with Gasteiger partial charge in [0.25, 0.3) is 5.91 Å². The number of fused-ring (bicyclic) bond motifs is 2. The van der Waals surface area contributed by atoms with Crippen LogP contribution in [0.2, 0.25) is 0 Å². The fraction of sp³-hybridized carbons (Fsp3) is 0.737. The first kappa shape index (κ1) is 17.5. The molecule has 0 aromatic carbocycles. The fourth-order valence-corrected chi connectivity index (χ4v) is 4.46. The summed E-state index contributed by atoms with van der Waals surface area (Å²) in [6, 6.07) is 0. The molecule has 0 aliphatic carbocycles. The number of hydrogen-bond donors (Lipinski definition) is 0. The molecular weight excluding hydrogens is 332 g/mol. The first-order valence-electron chi connectivity index (χ1n) is 9.77. The Kier molecular flexibility index (Phi) is 4.50. The van der Waals surface area contributed by atoms with Gasteiger partial charge in [0.1, 0.15) is 11.4 Å². The van der Waals surface area contributed by atoms with Crippen LogP contribution in [0.5, 0.6) is 0 Å². The Morgan fingerprint density at radius 2 is 1.85 bits per heavy atom. The molecule has 26 heavy (non-hydrogen) atoms. The monoisotopic (exact) mass is 360 g/mol. The number of rotatable bonds is 2. The minimum absolute atomic E-state index is 0.00260. The lowest BCUT2D eigenvalue weighted by molar-refractivity contribution is -0.182. The van der Waals surface area contributed by atoms with E-state index in [9.17, 15) is 9.59 Å². The topological polar surface area (TPSA) is 67.7 Å². The van der Waals surface area contributed by atoms with Gasteiger partial charge in [0.2, 0.25) is 5.91 Å². The van der Waals surface area contributed by atoms with E-state index in [4.69, 9.17) is 4.74 Å². The maximum atomic E-state index is 12.9. The smallest absolute Gasteiger partial charge is 0.253 e. The average molecular weight is 360 g/mol. The molecule has 0 radical (unpaired) electrons. The second-order valence-corrected chi connectivity index (χ2v) is 8.02. The summed E-state index contributed by atoms with van der Waals surface area (Å²) in [6.45, 7) is 7.35. The molecule has 0 N–H and O–H groups in total. The van der Waals surface area contributed by atoms with E-state index in [0.717, 1.165) is 31.8 Å². The van der Waals surface area contributed by atoms with E-state index in [1.165, 1.54) is 0 Å². The summed E-state index contributed by atoms with van der Waals surface area (Å²) in [5.41, 5.74) is -0.560. The summed E-state index contributed by atoms with van der Waals surface area (Å²) >= 11 is 0. The molecule has 3 aliphatic rings. The molecule has 0 saturated carbocycles. The highest BCUT2D eigenvalue weighted by Gasteiger charge is 2.48. The summed E-state index contributed by atoms with van der Waals surface area (Å²) in [4.78, 5) is 33.6. The molecule has 7 nitrogen and oxygen atoms in total. The van der Waals surface area contributed by atoms with Gasteiger partial charge in [-0.25, -0.2) is 4.98 Å². The first-order valence-corrected chi connectivity index (χ1v) is 9.77. The summed E-state index contributed by atoms with van der Waals surface area (Å²) < 4.78 is 8.52. The molecule has 1 aromatic rings. The molecule has 142 valence electrons. The Balaban J connectivity index is 1.54. The molecule has 0 bridgehead atoms. The van der Waals surface area contributed by atoms with Crippen molar-refractivity contribution in [2.75, 3.05) is 26.2 Å². The zero-order valence-corrected chi connectivity index (χ0v) is 15.7. The van der Waals surface area contributed by atoms with Crippen LogP contribution in [0.15, 0.2) is 12.4 Å². The van der Waals surface area contributed by atoms with E-state index >= 15 is 0 Å². The van der Waals surface area contributed by atoms with Crippen molar-refractivity contribution in [2.24, 2.45) is 5.92 Å². The van der Waals surface area contributed by atoms with Crippen LogP contribution in [-0.4, -0.2) is 63.4 Å². The van der Waals surface area contributed by atoms with Crippen molar-refractivity contribution in [3.63, 3.8) is 0 Å². The second-order valence-electron chi connectivity index (χ2n) is 8.02. The zero-order valence-electron chi connectivity index (χ0n) is 15.7. The Morgan fingerprint density at radius 3 is 2.50 bits per heavy atom. The van der Waals surface area contributed by atoms with Crippen LogP contribution in [0.25, 0.3) is 0 Å². The normalized spacial score (nSPS) is 25.0. The molecule has 3 aliphatic heterocycles. The van der Waals surface area contributed by atoms with Gasteiger partial charge < -0.3 is 19.1 Å². The molecule has 1 unspecified atom stereocenters. The van der Waals surface area contributed by atoms with Crippen molar-refractivity contribution in [2.45, 2.75) is 57.8 Å². The van der Waals surface area contributed by atoms with Crippen molar-refractivity contribution < 1.29 is 14.3 Å². The second kappa shape index (κ2) is 6.68. The third-order valence-electron chi connectivity index (χ3n) is 5.92. The van der Waals surface area contributed by atoms with Crippen LogP contribution >= 0.6 is 0 Å². The number of nitrogens with zero attached hydrogens (tertiary/aromatic N) is 4. The Labute approximate surface area is 154 Å². The van der Waals surface area contributed by atoms with Crippen LogP contribution < -0.4 is 0 Å². The lowest BCUT2D eigenvalue weighted by atomic mass is 9.88. The van der Waals surface area contributed by atoms with Crippen LogP contribution in [0.1, 0.15) is 45.4 Å². The molecule has 7 heteroatoms. The number of carbonyl (C=O) groups excluding carboxylic acids is 2. The predicted molar refractivity (Wildman–Crippen MR) is 95.2 cm³/mol. The SMILES string of the molecule is CC(C)C(=O)N1CCC2(CC1)OC(C(=O)N1CCCC1)Cn1ccnc12. The molecule has 1 spiro atoms. The van der Waals surface area contributed by atoms with Crippen molar-refractivity contribution in [1.29, 1.82) is 0 Å². The van der Waals surface area contributed by atoms with E-state index in [1.807, 2.05) is 29.8 Å². The highest BCUT2D eigenvalue weighted by atomic mass is 16.5. The van der Waals surface area contributed by atoms with Gasteiger partial charge in [-0.1, -0.05) is 13.8 Å². The minimum atomic E-state index is -0.560. The number of carbonyl (C=O) groups is 2. The number of hydrogen-bond acceptors (Lipinski definition) is 4. The largest absolute Gasteiger partial charge is 0.352 e. The van der Waals surface area contributed by atoms with Gasteiger partial charge in [-0.05, 0) is 12.8 Å². The van der Waals surface area contributed by atoms with E-state index in [2.05, 4.69) is 9.55 Å². The van der Waals surface area contributed by atoms with Gasteiger partial charge in [0.15, 0.2) is 6.10 Å². The van der Waals surface area contributed by atoms with Gasteiger partial charge >= 0.3 is 0 Å². The average Bonchev–Trinajstić information content (AvgIpc) is 3.33. The van der Waals surface area contributed by atoms with Gasteiger partial charge in [0.05, 0.1) is 6.54 Å². The van der Waals surface area contributed by atoms with E-state index in [1.54, 1.807) is 6.20 Å². The number of aromatic nitrogens is 2. The van der Waals surface area contributed by atoms with E-state index < -0.39 is 11.7 Å². The quantitative estimate of drug-likeness (QED) is 0.799. The van der Waals surface area contributed by atoms with Crippen molar-refractivity contribution in [3.05, 3.63) is 18.2 Å². The van der Waals surface area contributed by atoms with Crippen LogP contribution in [0.3, 0.4) is 0 Å². The predicted octanol–water partition coefficient (Wildman–Crippen LogP) is 1.38. The van der Waals surface area contributed by atoms with Gasteiger partial charge in [-0.15, -0.1) is 0 Å². The molecular formula is C19H28N4O3. The van der Waals surface area contributed by atoms with E-state index in [0.29, 0.717) is 32.5 Å². The highest BCUT2D eigenvalue weighted by molar-refractivity contribution is 5.81. The molecule has 4 rings (SSSR count). The maximum Gasteiger partial charge on any atom is 0.253 e. The Morgan fingerprint density at radius 1 is 1.15 bits per heavy atom. The third-order valence-corrected chi connectivity index (χ3v) is 5.92. The van der Waals surface area contributed by atoms with Crippen LogP contribution in [0.4, 0.5) is 0 Å². The lowest BCUT2D eigenvalue weighted by Gasteiger charge is -2.46. The van der Waals surface area contributed by atoms with Crippen LogP contribution in [-0.2, 0) is 26.5 Å². The summed E-state index contributed by atoms with van der Waals surface area (Å²) in [5.74, 6) is 1.19. The lowest BCUT2D eigenvalue weighted by Crippen LogP contribution is -2.55. The summed E-state index contributed by atoms with van der Waals surface area (Å²) in [6.07, 6.45) is 6.79. The molecule has 1 aromatic heterocycles. The Bertz CT molecular complexity index is 685. The number of ether oxygens (including phenoxy) is 1. The molecule has 2 amide bonds. The van der Waals surface area contributed by atoms with Crippen molar-refractivity contribution in [3.8, 4) is 0 Å². The van der Waals surface area contributed by atoms with Crippen molar-refractivity contribution >= 4 is 11.8 Å². The molecule has 2 saturated heterocycles.